The minimum Gasteiger partial charge on any atom is -0.295 e. The van der Waals surface area contributed by atoms with Crippen molar-refractivity contribution in [2.75, 3.05) is 5.32 Å². The highest BCUT2D eigenvalue weighted by atomic mass is 32.1. The molecule has 2 N–H and O–H groups in total. The number of H-pyrrole nitrogens is 1. The molecule has 0 saturated heterocycles. The van der Waals surface area contributed by atoms with E-state index in [0.717, 1.165) is 16.1 Å². The third kappa shape index (κ3) is 3.22. The largest absolute Gasteiger partial charge is 0.295 e. The lowest BCUT2D eigenvalue weighted by Gasteiger charge is -2.04. The highest BCUT2D eigenvalue weighted by Gasteiger charge is 2.17. The van der Waals surface area contributed by atoms with Gasteiger partial charge in [0.2, 0.25) is 5.13 Å². The van der Waals surface area contributed by atoms with Crippen molar-refractivity contribution < 1.29 is 4.79 Å². The van der Waals surface area contributed by atoms with Gasteiger partial charge >= 0.3 is 0 Å². The van der Waals surface area contributed by atoms with E-state index >= 15 is 0 Å². The number of anilines is 1. The zero-order chi connectivity index (χ0) is 19.0. The molecule has 7 nitrogen and oxygen atoms in total. The first-order valence-corrected chi connectivity index (χ1v) is 9.04. The first kappa shape index (κ1) is 17.0. The minimum absolute atomic E-state index is 0.133. The van der Waals surface area contributed by atoms with Gasteiger partial charge in [0.15, 0.2) is 5.69 Å². The van der Waals surface area contributed by atoms with E-state index in [4.69, 9.17) is 0 Å². The third-order valence-electron chi connectivity index (χ3n) is 4.17. The molecule has 0 unspecified atom stereocenters. The molecule has 0 bridgehead atoms. The Morgan fingerprint density at radius 2 is 1.85 bits per heavy atom. The van der Waals surface area contributed by atoms with E-state index < -0.39 is 5.91 Å². The molecule has 0 aliphatic carbocycles. The van der Waals surface area contributed by atoms with Gasteiger partial charge in [-0.3, -0.25) is 14.9 Å². The van der Waals surface area contributed by atoms with Crippen LogP contribution in [0, 0.1) is 13.8 Å². The summed E-state index contributed by atoms with van der Waals surface area (Å²) in [4.78, 5) is 24.5. The number of benzene rings is 2. The van der Waals surface area contributed by atoms with Crippen LogP contribution in [-0.2, 0) is 0 Å². The molecule has 4 aromatic rings. The summed E-state index contributed by atoms with van der Waals surface area (Å²) in [5.41, 5.74) is 3.04. The Bertz CT molecular complexity index is 1230. The molecule has 1 amide bonds. The molecule has 0 aliphatic heterocycles. The zero-order valence-electron chi connectivity index (χ0n) is 14.6. The number of fused-ring (bicyclic) bond motifs is 1. The van der Waals surface area contributed by atoms with Crippen molar-refractivity contribution in [2.24, 2.45) is 0 Å². The van der Waals surface area contributed by atoms with E-state index in [9.17, 15) is 9.59 Å². The standard InChI is InChI=1S/C19H15N5O2S/c1-10-7-8-12(11(2)9-10)18-23-24-19(27-18)20-17(26)15-13-5-3-4-6-14(13)16(25)22-21-15/h3-9H,1-2H3,(H,22,25)(H,20,24,26). The molecule has 4 rings (SSSR count). The maximum Gasteiger partial charge on any atom is 0.278 e. The topological polar surface area (TPSA) is 101 Å². The summed E-state index contributed by atoms with van der Waals surface area (Å²) in [6, 6.07) is 12.9. The Hall–Kier alpha value is -3.39. The summed E-state index contributed by atoms with van der Waals surface area (Å²) >= 11 is 1.28. The van der Waals surface area contributed by atoms with Crippen molar-refractivity contribution in [3.8, 4) is 10.6 Å². The number of rotatable bonds is 3. The number of aryl methyl sites for hydroxylation is 2. The molecular formula is C19H15N5O2S. The van der Waals surface area contributed by atoms with Gasteiger partial charge in [0.25, 0.3) is 11.5 Å². The fraction of sp³-hybridized carbons (Fsp3) is 0.105. The second kappa shape index (κ2) is 6.73. The number of hydrogen-bond donors (Lipinski definition) is 2. The maximum absolute atomic E-state index is 12.6. The summed E-state index contributed by atoms with van der Waals surface area (Å²) in [5.74, 6) is -0.453. The summed E-state index contributed by atoms with van der Waals surface area (Å²) in [6.07, 6.45) is 0. The molecule has 2 aromatic heterocycles. The van der Waals surface area contributed by atoms with Gasteiger partial charge in [-0.15, -0.1) is 10.2 Å². The molecule has 8 heteroatoms. The van der Waals surface area contributed by atoms with Crippen LogP contribution in [0.25, 0.3) is 21.3 Å². The molecule has 0 atom stereocenters. The molecule has 0 aliphatic rings. The maximum atomic E-state index is 12.6. The van der Waals surface area contributed by atoms with Gasteiger partial charge in [0, 0.05) is 10.9 Å². The molecular weight excluding hydrogens is 362 g/mol. The number of amides is 1. The van der Waals surface area contributed by atoms with E-state index in [2.05, 4.69) is 31.8 Å². The average molecular weight is 377 g/mol. The fourth-order valence-corrected chi connectivity index (χ4v) is 3.71. The SMILES string of the molecule is Cc1ccc(-c2nnc(NC(=O)c3n[nH]c(=O)c4ccccc34)s2)c(C)c1. The predicted molar refractivity (Wildman–Crippen MR) is 105 cm³/mol. The van der Waals surface area contributed by atoms with E-state index in [1.807, 2.05) is 26.0 Å². The van der Waals surface area contributed by atoms with Gasteiger partial charge in [0.05, 0.1) is 5.39 Å². The highest BCUT2D eigenvalue weighted by Crippen LogP contribution is 2.29. The minimum atomic E-state index is -0.453. The summed E-state index contributed by atoms with van der Waals surface area (Å²) in [5, 5.41) is 19.2. The lowest BCUT2D eigenvalue weighted by molar-refractivity contribution is 0.102. The van der Waals surface area contributed by atoms with Crippen LogP contribution in [0.5, 0.6) is 0 Å². The number of nitrogens with zero attached hydrogens (tertiary/aromatic N) is 3. The smallest absolute Gasteiger partial charge is 0.278 e. The second-order valence-corrected chi connectivity index (χ2v) is 7.11. The van der Waals surface area contributed by atoms with Crippen molar-refractivity contribution in [2.45, 2.75) is 13.8 Å². The Balaban J connectivity index is 1.64. The molecule has 134 valence electrons. The summed E-state index contributed by atoms with van der Waals surface area (Å²) in [7, 11) is 0. The molecule has 0 radical (unpaired) electrons. The van der Waals surface area contributed by atoms with Crippen molar-refractivity contribution in [1.29, 1.82) is 0 Å². The Kier molecular flexibility index (Phi) is 4.25. The van der Waals surface area contributed by atoms with E-state index in [-0.39, 0.29) is 11.3 Å². The predicted octanol–water partition coefficient (Wildman–Crippen LogP) is 3.31. The van der Waals surface area contributed by atoms with Crippen LogP contribution in [0.15, 0.2) is 47.3 Å². The fourth-order valence-electron chi connectivity index (χ4n) is 2.88. The van der Waals surface area contributed by atoms with Crippen LogP contribution < -0.4 is 10.9 Å². The number of aromatic nitrogens is 4. The Morgan fingerprint density at radius 1 is 1.07 bits per heavy atom. The number of hydrogen-bond acceptors (Lipinski definition) is 6. The van der Waals surface area contributed by atoms with Crippen molar-refractivity contribution in [3.63, 3.8) is 0 Å². The summed E-state index contributed by atoms with van der Waals surface area (Å²) in [6.45, 7) is 4.04. The monoisotopic (exact) mass is 377 g/mol. The number of carbonyl (C=O) groups is 1. The molecule has 27 heavy (non-hydrogen) atoms. The van der Waals surface area contributed by atoms with Gasteiger partial charge < -0.3 is 0 Å². The zero-order valence-corrected chi connectivity index (χ0v) is 15.4. The average Bonchev–Trinajstić information content (AvgIpc) is 3.10. The van der Waals surface area contributed by atoms with Crippen LogP contribution in [0.2, 0.25) is 0 Å². The van der Waals surface area contributed by atoms with E-state index in [1.54, 1.807) is 24.3 Å². The van der Waals surface area contributed by atoms with Gasteiger partial charge in [-0.2, -0.15) is 5.10 Å². The third-order valence-corrected chi connectivity index (χ3v) is 5.04. The van der Waals surface area contributed by atoms with Gasteiger partial charge in [-0.1, -0.05) is 53.3 Å². The van der Waals surface area contributed by atoms with Crippen LogP contribution in [0.1, 0.15) is 21.6 Å². The first-order chi connectivity index (χ1) is 13.0. The van der Waals surface area contributed by atoms with Gasteiger partial charge in [-0.25, -0.2) is 5.10 Å². The van der Waals surface area contributed by atoms with Crippen LogP contribution in [0.3, 0.4) is 0 Å². The van der Waals surface area contributed by atoms with Crippen LogP contribution >= 0.6 is 11.3 Å². The number of carbonyl (C=O) groups excluding carboxylic acids is 1. The van der Waals surface area contributed by atoms with E-state index in [0.29, 0.717) is 15.9 Å². The van der Waals surface area contributed by atoms with Gasteiger partial charge in [0.1, 0.15) is 5.01 Å². The van der Waals surface area contributed by atoms with Crippen LogP contribution in [-0.4, -0.2) is 26.3 Å². The Labute approximate surface area is 158 Å². The van der Waals surface area contributed by atoms with Crippen molar-refractivity contribution in [1.82, 2.24) is 20.4 Å². The number of aromatic amines is 1. The second-order valence-electron chi connectivity index (χ2n) is 6.13. The van der Waals surface area contributed by atoms with E-state index in [1.165, 1.54) is 16.9 Å². The lowest BCUT2D eigenvalue weighted by atomic mass is 10.1. The first-order valence-electron chi connectivity index (χ1n) is 8.23. The number of nitrogens with one attached hydrogen (secondary N) is 2. The van der Waals surface area contributed by atoms with Crippen molar-refractivity contribution in [3.05, 3.63) is 69.6 Å². The molecule has 2 aromatic carbocycles. The molecule has 2 heterocycles. The Morgan fingerprint density at radius 3 is 2.63 bits per heavy atom. The normalized spacial score (nSPS) is 10.9. The van der Waals surface area contributed by atoms with Crippen molar-refractivity contribution >= 4 is 33.1 Å². The lowest BCUT2D eigenvalue weighted by Crippen LogP contribution is -2.19. The van der Waals surface area contributed by atoms with Crippen LogP contribution in [0.4, 0.5) is 5.13 Å². The van der Waals surface area contributed by atoms with Gasteiger partial charge in [-0.05, 0) is 25.5 Å². The quantitative estimate of drug-likeness (QED) is 0.570. The summed E-state index contributed by atoms with van der Waals surface area (Å²) < 4.78 is 0. The molecule has 0 spiro atoms. The molecule has 0 fully saturated rings. The highest BCUT2D eigenvalue weighted by molar-refractivity contribution is 7.18. The molecule has 0 saturated carbocycles.